The van der Waals surface area contributed by atoms with Crippen molar-refractivity contribution in [2.45, 2.75) is 44.4 Å². The van der Waals surface area contributed by atoms with Gasteiger partial charge in [-0.15, -0.1) is 0 Å². The van der Waals surface area contributed by atoms with E-state index in [0.717, 1.165) is 11.1 Å². The minimum atomic E-state index is -0.975. The standard InChI is InChI=1S/C26H31N5O4/c1-15-19(24(33)27-4)30-31(16-11-7-6-8-12-16)23(15)29-25(34)28-20-17-13-9-10-14-18(17)26(2,3)22(35-5)21(20)32/h6-14,20-22,32H,1-5H3,(H,27,33)(H2,28,29,34)/t20-,21+,22-/m1/s1. The van der Waals surface area contributed by atoms with Gasteiger partial charge in [-0.25, -0.2) is 9.48 Å². The van der Waals surface area contributed by atoms with Gasteiger partial charge in [-0.05, 0) is 30.2 Å². The Hall–Kier alpha value is -3.69. The van der Waals surface area contributed by atoms with Crippen LogP contribution in [0.15, 0.2) is 54.6 Å². The maximum atomic E-state index is 13.3. The molecular weight excluding hydrogens is 446 g/mol. The van der Waals surface area contributed by atoms with Crippen LogP contribution in [0.5, 0.6) is 0 Å². The zero-order valence-corrected chi connectivity index (χ0v) is 20.5. The summed E-state index contributed by atoms with van der Waals surface area (Å²) < 4.78 is 7.18. The number of hydrogen-bond donors (Lipinski definition) is 4. The highest BCUT2D eigenvalue weighted by Crippen LogP contribution is 2.43. The van der Waals surface area contributed by atoms with Crippen LogP contribution in [0.25, 0.3) is 5.69 Å². The Kier molecular flexibility index (Phi) is 6.64. The Balaban J connectivity index is 1.68. The smallest absolute Gasteiger partial charge is 0.320 e. The first kappa shape index (κ1) is 24.4. The van der Waals surface area contributed by atoms with Gasteiger partial charge in [0.1, 0.15) is 11.9 Å². The molecule has 9 nitrogen and oxygen atoms in total. The van der Waals surface area contributed by atoms with Gasteiger partial charge in [0.05, 0.1) is 17.8 Å². The summed E-state index contributed by atoms with van der Waals surface area (Å²) in [7, 11) is 3.08. The van der Waals surface area contributed by atoms with E-state index >= 15 is 0 Å². The van der Waals surface area contributed by atoms with Gasteiger partial charge in [-0.3, -0.25) is 10.1 Å². The number of benzene rings is 2. The maximum Gasteiger partial charge on any atom is 0.320 e. The second-order valence-corrected chi connectivity index (χ2v) is 9.18. The fraction of sp³-hybridized carbons (Fsp3) is 0.346. The quantitative estimate of drug-likeness (QED) is 0.451. The topological polar surface area (TPSA) is 118 Å². The van der Waals surface area contributed by atoms with Crippen LogP contribution in [-0.2, 0) is 10.2 Å². The molecule has 0 unspecified atom stereocenters. The van der Waals surface area contributed by atoms with Crippen LogP contribution in [-0.4, -0.2) is 53.2 Å². The molecule has 1 aliphatic carbocycles. The molecule has 0 saturated heterocycles. The molecule has 0 saturated carbocycles. The number of urea groups is 1. The molecule has 2 aromatic carbocycles. The lowest BCUT2D eigenvalue weighted by atomic mass is 9.67. The van der Waals surface area contributed by atoms with Crippen LogP contribution in [0.4, 0.5) is 10.6 Å². The Labute approximate surface area is 204 Å². The summed E-state index contributed by atoms with van der Waals surface area (Å²) in [5.74, 6) is -0.00283. The van der Waals surface area contributed by atoms with E-state index in [4.69, 9.17) is 4.74 Å². The Morgan fingerprint density at radius 1 is 1.09 bits per heavy atom. The zero-order valence-electron chi connectivity index (χ0n) is 20.5. The van der Waals surface area contributed by atoms with Crippen molar-refractivity contribution in [3.05, 3.63) is 77.0 Å². The fourth-order valence-corrected chi connectivity index (χ4v) is 4.91. The molecule has 1 heterocycles. The second kappa shape index (κ2) is 9.52. The number of methoxy groups -OCH3 is 1. The number of fused-ring (bicyclic) bond motifs is 1. The highest BCUT2D eigenvalue weighted by Gasteiger charge is 2.47. The molecular formula is C26H31N5O4. The van der Waals surface area contributed by atoms with Crippen LogP contribution in [0.2, 0.25) is 0 Å². The predicted molar refractivity (Wildman–Crippen MR) is 133 cm³/mol. The Bertz CT molecular complexity index is 1240. The molecule has 4 N–H and O–H groups in total. The highest BCUT2D eigenvalue weighted by atomic mass is 16.5. The highest BCUT2D eigenvalue weighted by molar-refractivity contribution is 5.97. The first-order valence-electron chi connectivity index (χ1n) is 11.5. The van der Waals surface area contributed by atoms with Gasteiger partial charge in [0, 0.05) is 25.1 Å². The van der Waals surface area contributed by atoms with Crippen molar-refractivity contribution in [3.63, 3.8) is 0 Å². The number of rotatable bonds is 5. The number of ether oxygens (including phenoxy) is 1. The van der Waals surface area contributed by atoms with E-state index in [0.29, 0.717) is 17.1 Å². The molecule has 0 aliphatic heterocycles. The van der Waals surface area contributed by atoms with Crippen LogP contribution in [0.3, 0.4) is 0 Å². The van der Waals surface area contributed by atoms with E-state index in [-0.39, 0.29) is 11.6 Å². The number of amides is 3. The van der Waals surface area contributed by atoms with Gasteiger partial charge in [0.25, 0.3) is 5.91 Å². The SMILES string of the molecule is CNC(=O)c1nn(-c2ccccc2)c(NC(=O)N[C@@H]2c3ccccc3C(C)(C)[C@H](OC)[C@H]2O)c1C. The molecule has 0 spiro atoms. The van der Waals surface area contributed by atoms with Crippen molar-refractivity contribution < 1.29 is 19.4 Å². The third kappa shape index (κ3) is 4.28. The van der Waals surface area contributed by atoms with E-state index in [9.17, 15) is 14.7 Å². The maximum absolute atomic E-state index is 13.3. The van der Waals surface area contributed by atoms with Gasteiger partial charge in [0.2, 0.25) is 0 Å². The van der Waals surface area contributed by atoms with E-state index in [1.807, 2.05) is 68.4 Å². The van der Waals surface area contributed by atoms with Crippen LogP contribution in [0, 0.1) is 6.92 Å². The Morgan fingerprint density at radius 2 is 1.74 bits per heavy atom. The summed E-state index contributed by atoms with van der Waals surface area (Å²) in [4.78, 5) is 25.6. The molecule has 3 aromatic rings. The number of nitrogens with zero attached hydrogens (tertiary/aromatic N) is 2. The summed E-state index contributed by atoms with van der Waals surface area (Å²) in [6.45, 7) is 5.75. The second-order valence-electron chi connectivity index (χ2n) is 9.18. The largest absolute Gasteiger partial charge is 0.388 e. The fourth-order valence-electron chi connectivity index (χ4n) is 4.91. The summed E-state index contributed by atoms with van der Waals surface area (Å²) in [6.07, 6.45) is -1.50. The van der Waals surface area contributed by atoms with Crippen molar-refractivity contribution in [3.8, 4) is 5.69 Å². The van der Waals surface area contributed by atoms with Crippen molar-refractivity contribution in [1.29, 1.82) is 0 Å². The molecule has 0 radical (unpaired) electrons. The van der Waals surface area contributed by atoms with Crippen LogP contribution in [0.1, 0.15) is 47.1 Å². The molecule has 9 heteroatoms. The molecule has 4 rings (SSSR count). The van der Waals surface area contributed by atoms with Gasteiger partial charge >= 0.3 is 6.03 Å². The normalized spacial score (nSPS) is 20.6. The number of aromatic nitrogens is 2. The van der Waals surface area contributed by atoms with E-state index in [1.54, 1.807) is 14.0 Å². The van der Waals surface area contributed by atoms with Gasteiger partial charge in [0.15, 0.2) is 5.69 Å². The molecule has 0 fully saturated rings. The number of aliphatic hydroxyl groups excluding tert-OH is 1. The number of carbonyl (C=O) groups excluding carboxylic acids is 2. The van der Waals surface area contributed by atoms with Crippen molar-refractivity contribution in [2.75, 3.05) is 19.5 Å². The molecule has 3 amide bonds. The van der Waals surface area contributed by atoms with Gasteiger partial charge in [-0.1, -0.05) is 56.3 Å². The molecule has 1 aliphatic rings. The van der Waals surface area contributed by atoms with Crippen molar-refractivity contribution >= 4 is 17.8 Å². The summed E-state index contributed by atoms with van der Waals surface area (Å²) >= 11 is 0. The molecule has 35 heavy (non-hydrogen) atoms. The lowest BCUT2D eigenvalue weighted by molar-refractivity contribution is -0.0730. The number of hydrogen-bond acceptors (Lipinski definition) is 5. The molecule has 1 aromatic heterocycles. The molecule has 184 valence electrons. The lowest BCUT2D eigenvalue weighted by Gasteiger charge is -2.46. The van der Waals surface area contributed by atoms with Crippen LogP contribution >= 0.6 is 0 Å². The summed E-state index contributed by atoms with van der Waals surface area (Å²) in [6, 6.07) is 15.7. The first-order chi connectivity index (χ1) is 16.7. The lowest BCUT2D eigenvalue weighted by Crippen LogP contribution is -2.55. The predicted octanol–water partition coefficient (Wildman–Crippen LogP) is 3.07. The summed E-state index contributed by atoms with van der Waals surface area (Å²) in [5, 5.41) is 24.0. The number of anilines is 1. The minimum absolute atomic E-state index is 0.205. The number of aliphatic hydroxyl groups is 1. The third-order valence-electron chi connectivity index (χ3n) is 6.69. The number of para-hydroxylation sites is 1. The first-order valence-corrected chi connectivity index (χ1v) is 11.5. The number of nitrogens with one attached hydrogen (secondary N) is 3. The van der Waals surface area contributed by atoms with Crippen molar-refractivity contribution in [2.24, 2.45) is 0 Å². The van der Waals surface area contributed by atoms with E-state index < -0.39 is 29.7 Å². The van der Waals surface area contributed by atoms with E-state index in [2.05, 4.69) is 21.0 Å². The van der Waals surface area contributed by atoms with Crippen LogP contribution < -0.4 is 16.0 Å². The van der Waals surface area contributed by atoms with E-state index in [1.165, 1.54) is 11.7 Å². The molecule has 0 bridgehead atoms. The minimum Gasteiger partial charge on any atom is -0.388 e. The zero-order chi connectivity index (χ0) is 25.3. The number of carbonyl (C=O) groups is 2. The third-order valence-corrected chi connectivity index (χ3v) is 6.69. The average molecular weight is 478 g/mol. The van der Waals surface area contributed by atoms with Crippen molar-refractivity contribution in [1.82, 2.24) is 20.4 Å². The van der Waals surface area contributed by atoms with Gasteiger partial charge < -0.3 is 20.5 Å². The Morgan fingerprint density at radius 3 is 2.40 bits per heavy atom. The summed E-state index contributed by atoms with van der Waals surface area (Å²) in [5.41, 5.74) is 2.78. The average Bonchev–Trinajstić information content (AvgIpc) is 3.18. The molecule has 3 atom stereocenters. The van der Waals surface area contributed by atoms with Gasteiger partial charge in [-0.2, -0.15) is 5.10 Å². The monoisotopic (exact) mass is 477 g/mol.